The normalized spacial score (nSPS) is 16.5. The van der Waals surface area contributed by atoms with Gasteiger partial charge in [-0.05, 0) is 45.0 Å². The first kappa shape index (κ1) is 25.3. The molecule has 0 amide bonds. The van der Waals surface area contributed by atoms with Gasteiger partial charge < -0.3 is 4.90 Å². The lowest BCUT2D eigenvalue weighted by Crippen LogP contribution is -2.53. The number of thiophene rings is 1. The molecule has 1 N–H and O–H groups in total. The van der Waals surface area contributed by atoms with Gasteiger partial charge in [-0.2, -0.15) is 0 Å². The molecule has 2 heterocycles. The number of benzene rings is 1. The molecule has 1 fully saturated rings. The monoisotopic (exact) mass is 520 g/mol. The van der Waals surface area contributed by atoms with Gasteiger partial charge in [-0.15, -0.1) is 11.3 Å². The third-order valence-electron chi connectivity index (χ3n) is 5.33. The third-order valence-corrected chi connectivity index (χ3v) is 10.9. The van der Waals surface area contributed by atoms with Crippen LogP contribution < -0.4 is 9.62 Å². The summed E-state index contributed by atoms with van der Waals surface area (Å²) in [5.41, 5.74) is 1.05. The highest BCUT2D eigenvalue weighted by atomic mass is 35.5. The van der Waals surface area contributed by atoms with E-state index in [1.807, 2.05) is 0 Å². The number of halogens is 1. The topological polar surface area (TPSA) is 90.0 Å². The van der Waals surface area contributed by atoms with Gasteiger partial charge in [-0.3, -0.25) is 9.62 Å². The smallest absolute Gasteiger partial charge is 0.271 e. The van der Waals surface area contributed by atoms with Crippen LogP contribution in [0.3, 0.4) is 0 Å². The van der Waals surface area contributed by atoms with Crippen molar-refractivity contribution in [1.82, 2.24) is 9.21 Å². The molecule has 3 rings (SSSR count). The zero-order valence-corrected chi connectivity index (χ0v) is 22.0. The first-order valence-electron chi connectivity index (χ1n) is 10.1. The predicted octanol–water partition coefficient (Wildman–Crippen LogP) is 3.37. The molecule has 1 saturated heterocycles. The molecule has 1 aromatic carbocycles. The Morgan fingerprint density at radius 1 is 0.969 bits per heavy atom. The van der Waals surface area contributed by atoms with Crippen molar-refractivity contribution in [3.05, 3.63) is 35.4 Å². The minimum absolute atomic E-state index is 0.0347. The molecule has 2 aromatic rings. The number of nitrogens with zero attached hydrogens (tertiary/aromatic N) is 3. The van der Waals surface area contributed by atoms with Gasteiger partial charge in [-0.1, -0.05) is 17.7 Å². The molecule has 0 bridgehead atoms. The third kappa shape index (κ3) is 5.23. The largest absolute Gasteiger partial charge is 0.366 e. The second kappa shape index (κ2) is 9.11. The zero-order valence-electron chi connectivity index (χ0n) is 18.8. The molecular weight excluding hydrogens is 492 g/mol. The van der Waals surface area contributed by atoms with Crippen LogP contribution in [0.5, 0.6) is 0 Å². The molecule has 0 saturated carbocycles. The van der Waals surface area contributed by atoms with Crippen LogP contribution in [0.25, 0.3) is 0 Å². The van der Waals surface area contributed by atoms with E-state index in [-0.39, 0.29) is 14.0 Å². The number of sulfonamides is 2. The zero-order chi connectivity index (χ0) is 23.9. The van der Waals surface area contributed by atoms with Gasteiger partial charge in [0.15, 0.2) is 0 Å². The standard InChI is InChI=1S/C20H29ClN4O4S3/c1-20(2,3)25-13-11-24(12-14-25)19-15(21)7-6-8-16(19)22-31(26,27)17-9-10-18(30-17)32(28,29)23(4)5/h6-10,22H,11-14H2,1-5H3. The van der Waals surface area contributed by atoms with Gasteiger partial charge in [0.1, 0.15) is 8.42 Å². The van der Waals surface area contributed by atoms with Crippen LogP contribution in [0.4, 0.5) is 11.4 Å². The van der Waals surface area contributed by atoms with Crippen LogP contribution in [0, 0.1) is 0 Å². The highest BCUT2D eigenvalue weighted by molar-refractivity contribution is 7.96. The van der Waals surface area contributed by atoms with Crippen LogP contribution in [-0.2, 0) is 20.0 Å². The van der Waals surface area contributed by atoms with Gasteiger partial charge in [0.2, 0.25) is 0 Å². The summed E-state index contributed by atoms with van der Waals surface area (Å²) < 4.78 is 54.3. The Balaban J connectivity index is 1.88. The Bertz CT molecular complexity index is 1180. The number of nitrogens with one attached hydrogen (secondary N) is 1. The van der Waals surface area contributed by atoms with Gasteiger partial charge in [0.25, 0.3) is 20.0 Å². The van der Waals surface area contributed by atoms with E-state index in [0.29, 0.717) is 40.8 Å². The van der Waals surface area contributed by atoms with Crippen LogP contribution in [0.15, 0.2) is 38.8 Å². The number of hydrogen-bond acceptors (Lipinski definition) is 7. The summed E-state index contributed by atoms with van der Waals surface area (Å²) in [5.74, 6) is 0. The maximum absolute atomic E-state index is 13.1. The first-order chi connectivity index (χ1) is 14.7. The van der Waals surface area contributed by atoms with Gasteiger partial charge in [-0.25, -0.2) is 21.1 Å². The molecule has 12 heteroatoms. The number of para-hydroxylation sites is 1. The van der Waals surface area contributed by atoms with Crippen molar-refractivity contribution in [1.29, 1.82) is 0 Å². The van der Waals surface area contributed by atoms with Crippen LogP contribution in [-0.4, -0.2) is 71.9 Å². The molecule has 0 atom stereocenters. The van der Waals surface area contributed by atoms with Gasteiger partial charge >= 0.3 is 0 Å². The van der Waals surface area contributed by atoms with Crippen molar-refractivity contribution in [2.45, 2.75) is 34.7 Å². The number of hydrogen-bond donors (Lipinski definition) is 1. The lowest BCUT2D eigenvalue weighted by Gasteiger charge is -2.43. The van der Waals surface area contributed by atoms with E-state index in [2.05, 4.69) is 35.3 Å². The summed E-state index contributed by atoms with van der Waals surface area (Å²) in [7, 11) is -4.91. The maximum Gasteiger partial charge on any atom is 0.271 e. The number of piperazine rings is 1. The summed E-state index contributed by atoms with van der Waals surface area (Å²) in [6.45, 7) is 9.59. The van der Waals surface area contributed by atoms with E-state index in [9.17, 15) is 16.8 Å². The van der Waals surface area contributed by atoms with E-state index in [1.165, 1.54) is 26.2 Å². The Hall–Kier alpha value is -1.37. The summed E-state index contributed by atoms with van der Waals surface area (Å²) >= 11 is 7.20. The molecular formula is C20H29ClN4O4S3. The van der Waals surface area contributed by atoms with E-state index in [0.717, 1.165) is 17.4 Å². The average Bonchev–Trinajstić information content (AvgIpc) is 3.19. The van der Waals surface area contributed by atoms with Gasteiger partial charge in [0, 0.05) is 45.8 Å². The summed E-state index contributed by atoms with van der Waals surface area (Å²) in [5, 5.41) is 0.455. The highest BCUT2D eigenvalue weighted by Gasteiger charge is 2.29. The second-order valence-corrected chi connectivity index (χ2v) is 14.5. The number of rotatable bonds is 6. The highest BCUT2D eigenvalue weighted by Crippen LogP contribution is 2.37. The summed E-state index contributed by atoms with van der Waals surface area (Å²) in [6.07, 6.45) is 0. The molecule has 1 aromatic heterocycles. The Morgan fingerprint density at radius 2 is 1.56 bits per heavy atom. The second-order valence-electron chi connectivity index (χ2n) is 8.75. The van der Waals surface area contributed by atoms with Crippen LogP contribution in [0.1, 0.15) is 20.8 Å². The molecule has 0 radical (unpaired) electrons. The predicted molar refractivity (Wildman–Crippen MR) is 131 cm³/mol. The maximum atomic E-state index is 13.1. The minimum atomic E-state index is -4.00. The average molecular weight is 521 g/mol. The van der Waals surface area contributed by atoms with Crippen molar-refractivity contribution in [2.24, 2.45) is 0 Å². The van der Waals surface area contributed by atoms with Crippen molar-refractivity contribution >= 4 is 54.4 Å². The van der Waals surface area contributed by atoms with Crippen molar-refractivity contribution in [3.8, 4) is 0 Å². The van der Waals surface area contributed by atoms with Crippen molar-refractivity contribution in [2.75, 3.05) is 49.9 Å². The molecule has 178 valence electrons. The fourth-order valence-electron chi connectivity index (χ4n) is 3.48. The Labute approximate surface area is 199 Å². The molecule has 0 unspecified atom stereocenters. The molecule has 32 heavy (non-hydrogen) atoms. The van der Waals surface area contributed by atoms with E-state index >= 15 is 0 Å². The van der Waals surface area contributed by atoms with Gasteiger partial charge in [0.05, 0.1) is 16.4 Å². The quantitative estimate of drug-likeness (QED) is 0.628. The first-order valence-corrected chi connectivity index (χ1v) is 14.2. The fraction of sp³-hybridized carbons (Fsp3) is 0.500. The molecule has 8 nitrogen and oxygen atoms in total. The Morgan fingerprint density at radius 3 is 2.12 bits per heavy atom. The van der Waals surface area contributed by atoms with Crippen LogP contribution >= 0.6 is 22.9 Å². The lowest BCUT2D eigenvalue weighted by molar-refractivity contribution is 0.128. The van der Waals surface area contributed by atoms with Crippen LogP contribution in [0.2, 0.25) is 5.02 Å². The van der Waals surface area contributed by atoms with Crippen molar-refractivity contribution in [3.63, 3.8) is 0 Å². The van der Waals surface area contributed by atoms with E-state index in [1.54, 1.807) is 18.2 Å². The summed E-state index contributed by atoms with van der Waals surface area (Å²) in [6, 6.07) is 7.69. The lowest BCUT2D eigenvalue weighted by atomic mass is 10.0. The fourth-order valence-corrected chi connectivity index (χ4v) is 7.78. The summed E-state index contributed by atoms with van der Waals surface area (Å²) in [4.78, 5) is 4.46. The Kier molecular flexibility index (Phi) is 7.19. The molecule has 0 spiro atoms. The molecule has 1 aliphatic heterocycles. The van der Waals surface area contributed by atoms with E-state index in [4.69, 9.17) is 11.6 Å². The SMILES string of the molecule is CN(C)S(=O)(=O)c1ccc(S(=O)(=O)Nc2cccc(Cl)c2N2CCN(C(C)(C)C)CC2)s1. The minimum Gasteiger partial charge on any atom is -0.366 e. The molecule has 1 aliphatic rings. The molecule has 0 aliphatic carbocycles. The van der Waals surface area contributed by atoms with Crippen molar-refractivity contribution < 1.29 is 16.8 Å². The van der Waals surface area contributed by atoms with E-state index < -0.39 is 20.0 Å². The number of anilines is 2.